The van der Waals surface area contributed by atoms with Crippen molar-refractivity contribution in [1.82, 2.24) is 5.32 Å². The Balaban J connectivity index is 2.73. The molecule has 0 aliphatic heterocycles. The maximum atomic E-state index is 11.7. The van der Waals surface area contributed by atoms with Crippen LogP contribution in [-0.4, -0.2) is 33.1 Å². The van der Waals surface area contributed by atoms with Gasteiger partial charge in [-0.15, -0.1) is 0 Å². The summed E-state index contributed by atoms with van der Waals surface area (Å²) in [6.07, 6.45) is 0. The molecule has 0 aliphatic carbocycles. The summed E-state index contributed by atoms with van der Waals surface area (Å²) in [6.45, 7) is 6.24. The minimum absolute atomic E-state index is 0.0536. The van der Waals surface area contributed by atoms with Gasteiger partial charge >= 0.3 is 0 Å². The van der Waals surface area contributed by atoms with Gasteiger partial charge in [-0.1, -0.05) is 18.2 Å². The Morgan fingerprint density at radius 2 is 2.00 bits per heavy atom. The lowest BCUT2D eigenvalue weighted by molar-refractivity contribution is 0.334. The standard InChI is InChI=1S/C14H23NO3S/c1-11(2)19(16,17)9-8-18-14-12(3)6-5-7-13(14)10-15-4/h5-7,11,15H,8-10H2,1-4H3. The molecular formula is C14H23NO3S. The molecule has 0 heterocycles. The van der Waals surface area contributed by atoms with Crippen LogP contribution < -0.4 is 10.1 Å². The Bertz CT molecular complexity index is 509. The summed E-state index contributed by atoms with van der Waals surface area (Å²) in [5, 5.41) is 2.72. The van der Waals surface area contributed by atoms with E-state index in [1.54, 1.807) is 13.8 Å². The third-order valence-corrected chi connectivity index (χ3v) is 5.17. The molecule has 19 heavy (non-hydrogen) atoms. The van der Waals surface area contributed by atoms with Crippen molar-refractivity contribution < 1.29 is 13.2 Å². The van der Waals surface area contributed by atoms with Gasteiger partial charge in [0.25, 0.3) is 0 Å². The molecule has 1 rings (SSSR count). The van der Waals surface area contributed by atoms with Crippen LogP contribution in [0.15, 0.2) is 18.2 Å². The highest BCUT2D eigenvalue weighted by Gasteiger charge is 2.16. The van der Waals surface area contributed by atoms with E-state index in [9.17, 15) is 8.42 Å². The van der Waals surface area contributed by atoms with Gasteiger partial charge in [0.15, 0.2) is 9.84 Å². The van der Waals surface area contributed by atoms with Crippen LogP contribution in [0.1, 0.15) is 25.0 Å². The molecule has 1 N–H and O–H groups in total. The van der Waals surface area contributed by atoms with E-state index in [0.29, 0.717) is 6.54 Å². The van der Waals surface area contributed by atoms with Crippen molar-refractivity contribution in [3.8, 4) is 5.75 Å². The Hall–Kier alpha value is -1.07. The number of rotatable bonds is 7. The molecular weight excluding hydrogens is 262 g/mol. The molecule has 0 radical (unpaired) electrons. The molecule has 0 spiro atoms. The quantitative estimate of drug-likeness (QED) is 0.831. The highest BCUT2D eigenvalue weighted by molar-refractivity contribution is 7.91. The van der Waals surface area contributed by atoms with Crippen molar-refractivity contribution in [2.75, 3.05) is 19.4 Å². The Kier molecular flexibility index (Phi) is 5.82. The molecule has 0 saturated heterocycles. The summed E-state index contributed by atoms with van der Waals surface area (Å²) in [7, 11) is -1.18. The van der Waals surface area contributed by atoms with Crippen LogP contribution in [0.5, 0.6) is 5.75 Å². The van der Waals surface area contributed by atoms with Gasteiger partial charge in [-0.3, -0.25) is 0 Å². The van der Waals surface area contributed by atoms with Crippen molar-refractivity contribution in [1.29, 1.82) is 0 Å². The van der Waals surface area contributed by atoms with Crippen LogP contribution in [0.3, 0.4) is 0 Å². The second-order valence-corrected chi connectivity index (χ2v) is 7.53. The first-order chi connectivity index (χ1) is 8.88. The van der Waals surface area contributed by atoms with Gasteiger partial charge < -0.3 is 10.1 Å². The fourth-order valence-corrected chi connectivity index (χ4v) is 2.53. The number of aryl methyl sites for hydroxylation is 1. The van der Waals surface area contributed by atoms with Gasteiger partial charge in [-0.2, -0.15) is 0 Å². The molecule has 0 atom stereocenters. The summed E-state index contributed by atoms with van der Waals surface area (Å²) >= 11 is 0. The van der Waals surface area contributed by atoms with Crippen molar-refractivity contribution in [3.63, 3.8) is 0 Å². The second kappa shape index (κ2) is 6.91. The molecule has 0 saturated carbocycles. The third kappa shape index (κ3) is 4.51. The van der Waals surface area contributed by atoms with Crippen LogP contribution in [-0.2, 0) is 16.4 Å². The normalized spacial score (nSPS) is 11.8. The monoisotopic (exact) mass is 285 g/mol. The van der Waals surface area contributed by atoms with Crippen molar-refractivity contribution in [2.45, 2.75) is 32.6 Å². The molecule has 0 amide bonds. The third-order valence-electron chi connectivity index (χ3n) is 2.99. The number of ether oxygens (including phenoxy) is 1. The van der Waals surface area contributed by atoms with Crippen molar-refractivity contribution >= 4 is 9.84 Å². The van der Waals surface area contributed by atoms with Gasteiger partial charge in [0, 0.05) is 12.1 Å². The summed E-state index contributed by atoms with van der Waals surface area (Å²) < 4.78 is 29.1. The molecule has 1 aromatic carbocycles. The van der Waals surface area contributed by atoms with E-state index >= 15 is 0 Å². The van der Waals surface area contributed by atoms with Crippen LogP contribution in [0.25, 0.3) is 0 Å². The first kappa shape index (κ1) is 16.0. The predicted octanol–water partition coefficient (Wildman–Crippen LogP) is 1.92. The molecule has 108 valence electrons. The lowest BCUT2D eigenvalue weighted by atomic mass is 10.1. The van der Waals surface area contributed by atoms with E-state index in [2.05, 4.69) is 5.32 Å². The highest BCUT2D eigenvalue weighted by atomic mass is 32.2. The summed E-state index contributed by atoms with van der Waals surface area (Å²) in [6, 6.07) is 5.92. The highest BCUT2D eigenvalue weighted by Crippen LogP contribution is 2.23. The van der Waals surface area contributed by atoms with Gasteiger partial charge in [-0.25, -0.2) is 8.42 Å². The molecule has 0 aromatic heterocycles. The summed E-state index contributed by atoms with van der Waals surface area (Å²) in [4.78, 5) is 0. The minimum atomic E-state index is -3.05. The Labute approximate surface area is 116 Å². The molecule has 1 aromatic rings. The SMILES string of the molecule is CNCc1cccc(C)c1OCCS(=O)(=O)C(C)C. The summed E-state index contributed by atoms with van der Waals surface area (Å²) in [5.41, 5.74) is 2.07. The zero-order valence-corrected chi connectivity index (χ0v) is 12.9. The molecule has 0 unspecified atom stereocenters. The fourth-order valence-electron chi connectivity index (χ4n) is 1.75. The maximum absolute atomic E-state index is 11.7. The second-order valence-electron chi connectivity index (χ2n) is 4.86. The van der Waals surface area contributed by atoms with Gasteiger partial charge in [0.1, 0.15) is 12.4 Å². The smallest absolute Gasteiger partial charge is 0.155 e. The lowest BCUT2D eigenvalue weighted by Gasteiger charge is -2.14. The van der Waals surface area contributed by atoms with E-state index < -0.39 is 9.84 Å². The van der Waals surface area contributed by atoms with Crippen LogP contribution in [0, 0.1) is 6.92 Å². The molecule has 0 aliphatic rings. The predicted molar refractivity (Wildman–Crippen MR) is 78.4 cm³/mol. The Morgan fingerprint density at radius 1 is 1.32 bits per heavy atom. The molecule has 4 nitrogen and oxygen atoms in total. The zero-order valence-electron chi connectivity index (χ0n) is 12.1. The largest absolute Gasteiger partial charge is 0.492 e. The fraction of sp³-hybridized carbons (Fsp3) is 0.571. The van der Waals surface area contributed by atoms with Crippen molar-refractivity contribution in [3.05, 3.63) is 29.3 Å². The first-order valence-corrected chi connectivity index (χ1v) is 8.17. The average molecular weight is 285 g/mol. The lowest BCUT2D eigenvalue weighted by Crippen LogP contribution is -2.22. The number of nitrogens with one attached hydrogen (secondary N) is 1. The maximum Gasteiger partial charge on any atom is 0.155 e. The molecule has 0 fully saturated rings. The van der Waals surface area contributed by atoms with Crippen molar-refractivity contribution in [2.24, 2.45) is 0 Å². The van der Waals surface area contributed by atoms with Crippen LogP contribution in [0.2, 0.25) is 0 Å². The molecule has 5 heteroatoms. The topological polar surface area (TPSA) is 55.4 Å². The number of sulfone groups is 1. The van der Waals surface area contributed by atoms with E-state index in [4.69, 9.17) is 4.74 Å². The average Bonchev–Trinajstić information content (AvgIpc) is 2.32. The number of benzene rings is 1. The van der Waals surface area contributed by atoms with Gasteiger partial charge in [0.05, 0.1) is 11.0 Å². The van der Waals surface area contributed by atoms with E-state index in [1.807, 2.05) is 32.2 Å². The van der Waals surface area contributed by atoms with E-state index in [1.165, 1.54) is 0 Å². The Morgan fingerprint density at radius 3 is 2.58 bits per heavy atom. The first-order valence-electron chi connectivity index (χ1n) is 6.46. The number of para-hydroxylation sites is 1. The van der Waals surface area contributed by atoms with E-state index in [-0.39, 0.29) is 17.6 Å². The van der Waals surface area contributed by atoms with Crippen LogP contribution >= 0.6 is 0 Å². The number of hydrogen-bond acceptors (Lipinski definition) is 4. The zero-order chi connectivity index (χ0) is 14.5. The minimum Gasteiger partial charge on any atom is -0.492 e. The van der Waals surface area contributed by atoms with Gasteiger partial charge in [0.2, 0.25) is 0 Å². The number of hydrogen-bond donors (Lipinski definition) is 1. The van der Waals surface area contributed by atoms with Gasteiger partial charge in [-0.05, 0) is 33.4 Å². The van der Waals surface area contributed by atoms with Crippen LogP contribution in [0.4, 0.5) is 0 Å². The summed E-state index contributed by atoms with van der Waals surface area (Å²) in [5.74, 6) is 0.841. The van der Waals surface area contributed by atoms with E-state index in [0.717, 1.165) is 16.9 Å². The molecule has 0 bridgehead atoms.